The van der Waals surface area contributed by atoms with Gasteiger partial charge in [-0.25, -0.2) is 4.99 Å². The summed E-state index contributed by atoms with van der Waals surface area (Å²) in [6.45, 7) is 6.07. The first-order chi connectivity index (χ1) is 12.0. The van der Waals surface area contributed by atoms with Gasteiger partial charge in [0, 0.05) is 57.8 Å². The third-order valence-electron chi connectivity index (χ3n) is 5.43. The summed E-state index contributed by atoms with van der Waals surface area (Å²) in [4.78, 5) is 20.6. The third kappa shape index (κ3) is 5.31. The summed E-state index contributed by atoms with van der Waals surface area (Å²) in [5.41, 5.74) is 0. The number of hydrogen-bond donors (Lipinski definition) is 2. The second kappa shape index (κ2) is 8.36. The van der Waals surface area contributed by atoms with Crippen LogP contribution >= 0.6 is 0 Å². The minimum atomic E-state index is 0.0182. The number of amides is 1. The summed E-state index contributed by atoms with van der Waals surface area (Å²) < 4.78 is 5.45. The molecule has 1 aliphatic carbocycles. The molecule has 3 aliphatic rings. The van der Waals surface area contributed by atoms with Crippen LogP contribution in [-0.2, 0) is 9.53 Å². The van der Waals surface area contributed by atoms with Gasteiger partial charge in [-0.1, -0.05) is 0 Å². The van der Waals surface area contributed by atoms with Gasteiger partial charge in [-0.3, -0.25) is 9.69 Å². The molecule has 25 heavy (non-hydrogen) atoms. The zero-order valence-electron chi connectivity index (χ0n) is 15.8. The number of likely N-dealkylation sites (N-methyl/N-ethyl adjacent to an activating group) is 1. The second-order valence-electron chi connectivity index (χ2n) is 7.92. The number of aliphatic imine (C=N–C) groups is 1. The molecule has 1 saturated carbocycles. The van der Waals surface area contributed by atoms with E-state index in [4.69, 9.17) is 4.74 Å². The standard InChI is InChI=1S/C18H33N5O2/c1-13-8-15(11-23(13)16-4-5-16)21-18(20-10-17(24)22(2)3)19-9-14-6-7-25-12-14/h13-16H,4-12H2,1-3H3,(H2,19,20,21). The van der Waals surface area contributed by atoms with Gasteiger partial charge >= 0.3 is 0 Å². The molecular weight excluding hydrogens is 318 g/mol. The number of guanidine groups is 1. The van der Waals surface area contributed by atoms with Crippen LogP contribution < -0.4 is 10.6 Å². The maximum absolute atomic E-state index is 11.9. The molecule has 0 bridgehead atoms. The molecule has 2 saturated heterocycles. The van der Waals surface area contributed by atoms with E-state index in [1.165, 1.54) is 12.8 Å². The fraction of sp³-hybridized carbons (Fsp3) is 0.889. The van der Waals surface area contributed by atoms with E-state index in [1.807, 2.05) is 0 Å². The van der Waals surface area contributed by atoms with Crippen molar-refractivity contribution in [3.8, 4) is 0 Å². The summed E-state index contributed by atoms with van der Waals surface area (Å²) in [5.74, 6) is 1.31. The van der Waals surface area contributed by atoms with Crippen LogP contribution in [0.2, 0.25) is 0 Å². The van der Waals surface area contributed by atoms with Crippen LogP contribution in [0, 0.1) is 5.92 Å². The van der Waals surface area contributed by atoms with Crippen LogP contribution in [0.3, 0.4) is 0 Å². The molecule has 3 fully saturated rings. The van der Waals surface area contributed by atoms with E-state index >= 15 is 0 Å². The highest BCUT2D eigenvalue weighted by atomic mass is 16.5. The van der Waals surface area contributed by atoms with Crippen molar-refractivity contribution in [2.24, 2.45) is 10.9 Å². The molecule has 0 aromatic carbocycles. The molecular formula is C18H33N5O2. The number of carbonyl (C=O) groups is 1. The SMILES string of the molecule is CC1CC(NC(=NCC(=O)N(C)C)NCC2CCOC2)CN1C1CC1. The van der Waals surface area contributed by atoms with Gasteiger partial charge in [0.25, 0.3) is 0 Å². The molecule has 2 N–H and O–H groups in total. The molecule has 3 rings (SSSR count). The lowest BCUT2D eigenvalue weighted by Crippen LogP contribution is -2.46. The minimum absolute atomic E-state index is 0.0182. The molecule has 2 aliphatic heterocycles. The number of nitrogens with zero attached hydrogens (tertiary/aromatic N) is 3. The highest BCUT2D eigenvalue weighted by Gasteiger charge is 2.39. The van der Waals surface area contributed by atoms with Crippen molar-refractivity contribution < 1.29 is 9.53 Å². The van der Waals surface area contributed by atoms with E-state index in [0.29, 0.717) is 18.0 Å². The van der Waals surface area contributed by atoms with E-state index in [9.17, 15) is 4.79 Å². The molecule has 3 unspecified atom stereocenters. The van der Waals surface area contributed by atoms with E-state index in [2.05, 4.69) is 27.4 Å². The normalized spacial score (nSPS) is 30.5. The summed E-state index contributed by atoms with van der Waals surface area (Å²) >= 11 is 0. The topological polar surface area (TPSA) is 69.2 Å². The Hall–Kier alpha value is -1.34. The molecule has 1 amide bonds. The molecule has 7 nitrogen and oxygen atoms in total. The Morgan fingerprint density at radius 3 is 2.76 bits per heavy atom. The lowest BCUT2D eigenvalue weighted by Gasteiger charge is -2.21. The lowest BCUT2D eigenvalue weighted by atomic mass is 10.1. The largest absolute Gasteiger partial charge is 0.381 e. The molecule has 2 heterocycles. The van der Waals surface area contributed by atoms with Gasteiger partial charge in [0.2, 0.25) is 5.91 Å². The van der Waals surface area contributed by atoms with Crippen LogP contribution in [0.4, 0.5) is 0 Å². The molecule has 3 atom stereocenters. The van der Waals surface area contributed by atoms with Crippen molar-refractivity contribution in [1.82, 2.24) is 20.4 Å². The zero-order valence-corrected chi connectivity index (χ0v) is 15.8. The Bertz CT molecular complexity index is 486. The van der Waals surface area contributed by atoms with Crippen LogP contribution in [0.1, 0.15) is 32.6 Å². The second-order valence-corrected chi connectivity index (χ2v) is 7.92. The molecule has 0 radical (unpaired) electrons. The monoisotopic (exact) mass is 351 g/mol. The summed E-state index contributed by atoms with van der Waals surface area (Å²) in [5, 5.41) is 6.99. The van der Waals surface area contributed by atoms with Crippen molar-refractivity contribution >= 4 is 11.9 Å². The highest BCUT2D eigenvalue weighted by molar-refractivity contribution is 5.85. The Balaban J connectivity index is 1.54. The summed E-state index contributed by atoms with van der Waals surface area (Å²) in [7, 11) is 3.53. The van der Waals surface area contributed by atoms with Gasteiger partial charge in [-0.2, -0.15) is 0 Å². The molecule has 7 heteroatoms. The minimum Gasteiger partial charge on any atom is -0.381 e. The van der Waals surface area contributed by atoms with Gasteiger partial charge in [-0.15, -0.1) is 0 Å². The van der Waals surface area contributed by atoms with Crippen molar-refractivity contribution in [2.75, 3.05) is 46.9 Å². The summed E-state index contributed by atoms with van der Waals surface area (Å²) in [6.07, 6.45) is 4.91. The van der Waals surface area contributed by atoms with Gasteiger partial charge in [0.1, 0.15) is 6.54 Å². The maximum atomic E-state index is 11.9. The number of hydrogen-bond acceptors (Lipinski definition) is 4. The van der Waals surface area contributed by atoms with E-state index in [0.717, 1.165) is 51.1 Å². The van der Waals surface area contributed by atoms with Gasteiger partial charge in [-0.05, 0) is 32.6 Å². The van der Waals surface area contributed by atoms with E-state index in [1.54, 1.807) is 19.0 Å². The Kier molecular flexibility index (Phi) is 6.17. The number of rotatable bonds is 6. The molecule has 0 aromatic heterocycles. The highest BCUT2D eigenvalue weighted by Crippen LogP contribution is 2.33. The smallest absolute Gasteiger partial charge is 0.243 e. The van der Waals surface area contributed by atoms with E-state index < -0.39 is 0 Å². The maximum Gasteiger partial charge on any atom is 0.243 e. The number of likely N-dealkylation sites (tertiary alicyclic amines) is 1. The quantitative estimate of drug-likeness (QED) is 0.531. The first kappa shape index (κ1) is 18.5. The Labute approximate surface area is 151 Å². The van der Waals surface area contributed by atoms with Crippen molar-refractivity contribution in [3.05, 3.63) is 0 Å². The van der Waals surface area contributed by atoms with Crippen molar-refractivity contribution in [3.63, 3.8) is 0 Å². The number of carbonyl (C=O) groups excluding carboxylic acids is 1. The number of ether oxygens (including phenoxy) is 1. The van der Waals surface area contributed by atoms with Crippen molar-refractivity contribution in [2.45, 2.75) is 50.7 Å². The average Bonchev–Trinajstić information content (AvgIpc) is 3.15. The predicted molar refractivity (Wildman–Crippen MR) is 98.7 cm³/mol. The Morgan fingerprint density at radius 2 is 2.12 bits per heavy atom. The van der Waals surface area contributed by atoms with Crippen molar-refractivity contribution in [1.29, 1.82) is 0 Å². The first-order valence-electron chi connectivity index (χ1n) is 9.61. The van der Waals surface area contributed by atoms with Crippen LogP contribution in [0.25, 0.3) is 0 Å². The zero-order chi connectivity index (χ0) is 17.8. The van der Waals surface area contributed by atoms with Gasteiger partial charge in [0.05, 0.1) is 6.61 Å². The van der Waals surface area contributed by atoms with E-state index in [-0.39, 0.29) is 12.5 Å². The fourth-order valence-corrected chi connectivity index (χ4v) is 3.70. The lowest BCUT2D eigenvalue weighted by molar-refractivity contribution is -0.127. The van der Waals surface area contributed by atoms with Crippen LogP contribution in [-0.4, -0.2) is 86.7 Å². The summed E-state index contributed by atoms with van der Waals surface area (Å²) in [6, 6.07) is 1.81. The third-order valence-corrected chi connectivity index (χ3v) is 5.43. The van der Waals surface area contributed by atoms with Gasteiger partial charge in [0.15, 0.2) is 5.96 Å². The molecule has 142 valence electrons. The Morgan fingerprint density at radius 1 is 1.32 bits per heavy atom. The van der Waals surface area contributed by atoms with Crippen LogP contribution in [0.5, 0.6) is 0 Å². The predicted octanol–water partition coefficient (Wildman–Crippen LogP) is 0.272. The molecule has 0 aromatic rings. The average molecular weight is 351 g/mol. The van der Waals surface area contributed by atoms with Crippen LogP contribution in [0.15, 0.2) is 4.99 Å². The van der Waals surface area contributed by atoms with Gasteiger partial charge < -0.3 is 20.3 Å². The number of nitrogens with one attached hydrogen (secondary N) is 2. The first-order valence-corrected chi connectivity index (χ1v) is 9.61. The fourth-order valence-electron chi connectivity index (χ4n) is 3.70. The molecule has 0 spiro atoms.